The molecule has 1 saturated carbocycles. The van der Waals surface area contributed by atoms with Crippen molar-refractivity contribution in [1.29, 1.82) is 0 Å². The van der Waals surface area contributed by atoms with E-state index in [1.807, 2.05) is 0 Å². The lowest BCUT2D eigenvalue weighted by atomic mass is 9.95. The number of hydrogen-bond acceptors (Lipinski definition) is 7. The second kappa shape index (κ2) is 8.76. The van der Waals surface area contributed by atoms with Crippen LogP contribution in [-0.2, 0) is 0 Å². The molecule has 0 unspecified atom stereocenters. The normalized spacial score (nSPS) is 18.8. The van der Waals surface area contributed by atoms with Crippen LogP contribution < -0.4 is 19.5 Å². The molecule has 0 radical (unpaired) electrons. The van der Waals surface area contributed by atoms with Crippen LogP contribution in [0.4, 0.5) is 10.5 Å². The molecule has 2 aromatic heterocycles. The monoisotopic (exact) mass is 432 g/mol. The summed E-state index contributed by atoms with van der Waals surface area (Å²) in [4.78, 5) is 16.7. The smallest absolute Gasteiger partial charge is 0.417 e. The van der Waals surface area contributed by atoms with E-state index in [2.05, 4.69) is 15.4 Å². The van der Waals surface area contributed by atoms with E-state index in [1.165, 1.54) is 24.0 Å². The Hall–Kier alpha value is -3.04. The van der Waals surface area contributed by atoms with Gasteiger partial charge in [0.05, 0.1) is 43.6 Å². The highest BCUT2D eigenvalue weighted by Crippen LogP contribution is 2.32. The molecule has 9 nitrogen and oxygen atoms in total. The summed E-state index contributed by atoms with van der Waals surface area (Å²) in [5.74, 6) is 1.21. The fourth-order valence-corrected chi connectivity index (χ4v) is 3.47. The highest BCUT2D eigenvalue weighted by molar-refractivity contribution is 6.31. The van der Waals surface area contributed by atoms with Crippen LogP contribution in [0.5, 0.6) is 17.2 Å². The topological polar surface area (TPSA) is 107 Å². The number of carbonyl (C=O) groups is 1. The maximum atomic E-state index is 12.5. The second-order valence-electron chi connectivity index (χ2n) is 6.97. The minimum Gasteiger partial charge on any atom is -0.494 e. The number of aliphatic hydroxyl groups is 1. The van der Waals surface area contributed by atoms with Crippen LogP contribution in [-0.4, -0.2) is 45.1 Å². The number of ether oxygens (including phenoxy) is 3. The number of benzene rings is 1. The quantitative estimate of drug-likeness (QED) is 0.633. The number of halogens is 1. The summed E-state index contributed by atoms with van der Waals surface area (Å²) < 4.78 is 18.0. The third-order valence-electron chi connectivity index (χ3n) is 4.85. The molecule has 4 rings (SSSR count). The Kier molecular flexibility index (Phi) is 5.91. The first-order valence-electron chi connectivity index (χ1n) is 9.52. The zero-order valence-electron chi connectivity index (χ0n) is 16.2. The van der Waals surface area contributed by atoms with Gasteiger partial charge in [0.15, 0.2) is 17.1 Å². The first-order valence-corrected chi connectivity index (χ1v) is 9.90. The van der Waals surface area contributed by atoms with Gasteiger partial charge >= 0.3 is 6.09 Å². The third kappa shape index (κ3) is 4.58. The molecule has 0 bridgehead atoms. The molecule has 158 valence electrons. The Morgan fingerprint density at radius 1 is 1.23 bits per heavy atom. The standard InChI is InChI=1S/C20H21ClN4O5/c1-28-15-9-22-19-18(10-23-25(19)11-15)30-20(27)24-16-8-12(21)2-7-17(16)29-14-5-3-13(26)4-6-14/h2,7-11,13-14,26H,3-6H2,1H3,(H,24,27). The van der Waals surface area contributed by atoms with Crippen LogP contribution in [0.3, 0.4) is 0 Å². The lowest BCUT2D eigenvalue weighted by Gasteiger charge is -2.27. The fraction of sp³-hybridized carbons (Fsp3) is 0.350. The number of aliphatic hydroxyl groups excluding tert-OH is 1. The van der Waals surface area contributed by atoms with Crippen molar-refractivity contribution >= 4 is 29.0 Å². The van der Waals surface area contributed by atoms with E-state index < -0.39 is 6.09 Å². The summed E-state index contributed by atoms with van der Waals surface area (Å²) in [6, 6.07) is 4.98. The summed E-state index contributed by atoms with van der Waals surface area (Å²) in [6.45, 7) is 0. The molecule has 0 spiro atoms. The van der Waals surface area contributed by atoms with Gasteiger partial charge in [0.1, 0.15) is 5.75 Å². The van der Waals surface area contributed by atoms with Crippen molar-refractivity contribution in [3.8, 4) is 17.2 Å². The van der Waals surface area contributed by atoms with Gasteiger partial charge in [-0.05, 0) is 43.9 Å². The number of carbonyl (C=O) groups excluding carboxylic acids is 1. The molecule has 0 aliphatic heterocycles. The van der Waals surface area contributed by atoms with Crippen LogP contribution in [0, 0.1) is 0 Å². The molecule has 2 heterocycles. The van der Waals surface area contributed by atoms with Crippen molar-refractivity contribution in [2.75, 3.05) is 12.4 Å². The Balaban J connectivity index is 1.47. The van der Waals surface area contributed by atoms with Gasteiger partial charge in [-0.25, -0.2) is 14.3 Å². The van der Waals surface area contributed by atoms with Crippen LogP contribution in [0.2, 0.25) is 5.02 Å². The molecule has 1 fully saturated rings. The molecule has 0 saturated heterocycles. The molecular weight excluding hydrogens is 412 g/mol. The Morgan fingerprint density at radius 3 is 2.80 bits per heavy atom. The van der Waals surface area contributed by atoms with E-state index in [0.29, 0.717) is 40.7 Å². The van der Waals surface area contributed by atoms with E-state index in [1.54, 1.807) is 24.4 Å². The number of nitrogens with zero attached hydrogens (tertiary/aromatic N) is 3. The maximum Gasteiger partial charge on any atom is 0.417 e. The minimum atomic E-state index is -0.728. The van der Waals surface area contributed by atoms with Crippen molar-refractivity contribution in [3.05, 3.63) is 41.8 Å². The van der Waals surface area contributed by atoms with E-state index in [4.69, 9.17) is 25.8 Å². The van der Waals surface area contributed by atoms with Gasteiger partial charge in [-0.3, -0.25) is 5.32 Å². The molecule has 1 aliphatic carbocycles. The number of aromatic nitrogens is 3. The van der Waals surface area contributed by atoms with E-state index in [9.17, 15) is 9.90 Å². The Morgan fingerprint density at radius 2 is 2.03 bits per heavy atom. The highest BCUT2D eigenvalue weighted by atomic mass is 35.5. The van der Waals surface area contributed by atoms with E-state index in [0.717, 1.165) is 12.8 Å². The predicted molar refractivity (Wildman–Crippen MR) is 110 cm³/mol. The molecule has 1 aliphatic rings. The molecule has 0 atom stereocenters. The molecule has 1 amide bonds. The maximum absolute atomic E-state index is 12.5. The average molecular weight is 433 g/mol. The number of hydrogen-bond donors (Lipinski definition) is 2. The Labute approximate surface area is 177 Å². The van der Waals surface area contributed by atoms with Gasteiger partial charge in [-0.1, -0.05) is 11.6 Å². The van der Waals surface area contributed by atoms with Crippen LogP contribution in [0.1, 0.15) is 25.7 Å². The molecule has 1 aromatic carbocycles. The van der Waals surface area contributed by atoms with Crippen molar-refractivity contribution in [2.45, 2.75) is 37.9 Å². The van der Waals surface area contributed by atoms with Gasteiger partial charge in [0, 0.05) is 5.02 Å². The SMILES string of the molecule is COc1cnc2c(OC(=O)Nc3cc(Cl)ccc3OC3CCC(O)CC3)cnn2c1. The van der Waals surface area contributed by atoms with Gasteiger partial charge in [0.25, 0.3) is 0 Å². The molecule has 2 N–H and O–H groups in total. The minimum absolute atomic E-state index is 0.0371. The summed E-state index contributed by atoms with van der Waals surface area (Å²) >= 11 is 6.10. The van der Waals surface area contributed by atoms with Gasteiger partial charge in [-0.2, -0.15) is 5.10 Å². The number of rotatable bonds is 5. The lowest BCUT2D eigenvalue weighted by Crippen LogP contribution is -2.27. The summed E-state index contributed by atoms with van der Waals surface area (Å²) in [7, 11) is 1.53. The van der Waals surface area contributed by atoms with Crippen molar-refractivity contribution in [2.24, 2.45) is 0 Å². The van der Waals surface area contributed by atoms with Crippen LogP contribution in [0.15, 0.2) is 36.8 Å². The Bertz CT molecular complexity index is 1050. The first kappa shape index (κ1) is 20.2. The molecular formula is C20H21ClN4O5. The highest BCUT2D eigenvalue weighted by Gasteiger charge is 2.22. The molecule has 10 heteroatoms. The summed E-state index contributed by atoms with van der Waals surface area (Å²) in [5, 5.41) is 16.9. The predicted octanol–water partition coefficient (Wildman–Crippen LogP) is 3.68. The first-order chi connectivity index (χ1) is 14.5. The summed E-state index contributed by atoms with van der Waals surface area (Å²) in [5.41, 5.74) is 0.763. The molecule has 30 heavy (non-hydrogen) atoms. The zero-order chi connectivity index (χ0) is 21.1. The lowest BCUT2D eigenvalue weighted by molar-refractivity contribution is 0.0669. The number of nitrogens with one attached hydrogen (secondary N) is 1. The number of fused-ring (bicyclic) bond motifs is 1. The van der Waals surface area contributed by atoms with E-state index >= 15 is 0 Å². The van der Waals surface area contributed by atoms with Crippen molar-refractivity contribution in [3.63, 3.8) is 0 Å². The van der Waals surface area contributed by atoms with Crippen LogP contribution in [0.25, 0.3) is 5.65 Å². The van der Waals surface area contributed by atoms with Gasteiger partial charge in [-0.15, -0.1) is 0 Å². The van der Waals surface area contributed by atoms with Crippen molar-refractivity contribution in [1.82, 2.24) is 14.6 Å². The largest absolute Gasteiger partial charge is 0.494 e. The van der Waals surface area contributed by atoms with Crippen molar-refractivity contribution < 1.29 is 24.1 Å². The molecule has 3 aromatic rings. The van der Waals surface area contributed by atoms with Crippen LogP contribution >= 0.6 is 11.6 Å². The van der Waals surface area contributed by atoms with Gasteiger partial charge in [0.2, 0.25) is 0 Å². The average Bonchev–Trinajstić information content (AvgIpc) is 3.13. The number of amides is 1. The fourth-order valence-electron chi connectivity index (χ4n) is 3.29. The third-order valence-corrected chi connectivity index (χ3v) is 5.09. The number of anilines is 1. The number of methoxy groups -OCH3 is 1. The van der Waals surface area contributed by atoms with Gasteiger partial charge < -0.3 is 19.3 Å². The zero-order valence-corrected chi connectivity index (χ0v) is 17.0. The summed E-state index contributed by atoms with van der Waals surface area (Å²) in [6.07, 6.45) is 6.34. The van der Waals surface area contributed by atoms with E-state index in [-0.39, 0.29) is 18.0 Å². The second-order valence-corrected chi connectivity index (χ2v) is 7.41.